The molecule has 0 aliphatic carbocycles. The number of aromatic nitrogens is 1. The SMILES string of the molecule is CN(C)C(=O)C(Sc1nc2ccccc2o1)c1ccccc1. The highest BCUT2D eigenvalue weighted by atomic mass is 32.2. The molecule has 0 radical (unpaired) electrons. The number of hydrogen-bond donors (Lipinski definition) is 0. The number of carbonyl (C=O) groups excluding carboxylic acids is 1. The van der Waals surface area contributed by atoms with Crippen LogP contribution in [0.3, 0.4) is 0 Å². The quantitative estimate of drug-likeness (QED) is 0.688. The Morgan fingerprint density at radius 3 is 2.45 bits per heavy atom. The molecule has 0 saturated heterocycles. The number of rotatable bonds is 4. The van der Waals surface area contributed by atoms with E-state index in [1.54, 1.807) is 19.0 Å². The van der Waals surface area contributed by atoms with E-state index in [1.807, 2.05) is 54.6 Å². The number of oxazole rings is 1. The zero-order chi connectivity index (χ0) is 15.5. The molecule has 1 heterocycles. The fourth-order valence-corrected chi connectivity index (χ4v) is 3.22. The van der Waals surface area contributed by atoms with E-state index >= 15 is 0 Å². The van der Waals surface area contributed by atoms with Crippen molar-refractivity contribution in [3.63, 3.8) is 0 Å². The van der Waals surface area contributed by atoms with Crippen molar-refractivity contribution in [1.29, 1.82) is 0 Å². The van der Waals surface area contributed by atoms with Gasteiger partial charge in [-0.05, 0) is 29.5 Å². The summed E-state index contributed by atoms with van der Waals surface area (Å²) in [6.45, 7) is 0. The van der Waals surface area contributed by atoms with Crippen molar-refractivity contribution in [3.05, 3.63) is 60.2 Å². The van der Waals surface area contributed by atoms with E-state index in [9.17, 15) is 4.79 Å². The van der Waals surface area contributed by atoms with Gasteiger partial charge in [0.05, 0.1) is 0 Å². The Bertz CT molecular complexity index is 750. The molecule has 3 aromatic rings. The zero-order valence-corrected chi connectivity index (χ0v) is 13.2. The average molecular weight is 312 g/mol. The number of hydrogen-bond acceptors (Lipinski definition) is 4. The van der Waals surface area contributed by atoms with Crippen molar-refractivity contribution >= 4 is 28.8 Å². The summed E-state index contributed by atoms with van der Waals surface area (Å²) in [7, 11) is 3.51. The van der Waals surface area contributed by atoms with Crippen LogP contribution in [0.4, 0.5) is 0 Å². The first kappa shape index (κ1) is 14.7. The van der Waals surface area contributed by atoms with Gasteiger partial charge in [-0.15, -0.1) is 0 Å². The fourth-order valence-electron chi connectivity index (χ4n) is 2.13. The first-order chi connectivity index (χ1) is 10.6. The number of carbonyl (C=O) groups is 1. The summed E-state index contributed by atoms with van der Waals surface area (Å²) in [6.07, 6.45) is 0. The maximum absolute atomic E-state index is 12.5. The summed E-state index contributed by atoms with van der Waals surface area (Å²) in [4.78, 5) is 18.5. The first-order valence-electron chi connectivity index (χ1n) is 6.93. The third kappa shape index (κ3) is 2.99. The molecule has 3 rings (SSSR count). The van der Waals surface area contributed by atoms with Gasteiger partial charge in [0.1, 0.15) is 10.8 Å². The predicted molar refractivity (Wildman–Crippen MR) is 87.7 cm³/mol. The molecule has 0 fully saturated rings. The Balaban J connectivity index is 1.94. The van der Waals surface area contributed by atoms with E-state index in [4.69, 9.17) is 4.42 Å². The third-order valence-corrected chi connectivity index (χ3v) is 4.35. The van der Waals surface area contributed by atoms with Gasteiger partial charge in [0.15, 0.2) is 5.58 Å². The molecule has 0 saturated carbocycles. The Hall–Kier alpha value is -2.27. The lowest BCUT2D eigenvalue weighted by Gasteiger charge is -2.19. The second-order valence-corrected chi connectivity index (χ2v) is 6.15. The van der Waals surface area contributed by atoms with Crippen LogP contribution in [0.1, 0.15) is 10.8 Å². The predicted octanol–water partition coefficient (Wildman–Crippen LogP) is 3.75. The summed E-state index contributed by atoms with van der Waals surface area (Å²) >= 11 is 1.33. The maximum Gasteiger partial charge on any atom is 0.257 e. The lowest BCUT2D eigenvalue weighted by atomic mass is 10.1. The minimum atomic E-state index is -0.371. The van der Waals surface area contributed by atoms with Crippen molar-refractivity contribution in [3.8, 4) is 0 Å². The molecule has 112 valence electrons. The summed E-state index contributed by atoms with van der Waals surface area (Å²) in [5.41, 5.74) is 2.47. The van der Waals surface area contributed by atoms with Crippen LogP contribution in [0.2, 0.25) is 0 Å². The van der Waals surface area contributed by atoms with Gasteiger partial charge in [-0.3, -0.25) is 4.79 Å². The second kappa shape index (κ2) is 6.23. The molecule has 0 aliphatic rings. The molecule has 22 heavy (non-hydrogen) atoms. The van der Waals surface area contributed by atoms with Crippen molar-refractivity contribution in [2.45, 2.75) is 10.5 Å². The molecule has 1 unspecified atom stereocenters. The van der Waals surface area contributed by atoms with Gasteiger partial charge in [-0.1, -0.05) is 42.5 Å². The first-order valence-corrected chi connectivity index (χ1v) is 7.81. The molecule has 1 amide bonds. The van der Waals surface area contributed by atoms with Crippen LogP contribution >= 0.6 is 11.8 Å². The lowest BCUT2D eigenvalue weighted by molar-refractivity contribution is -0.128. The van der Waals surface area contributed by atoms with Crippen LogP contribution in [-0.4, -0.2) is 29.9 Å². The number of amides is 1. The third-order valence-electron chi connectivity index (χ3n) is 3.26. The van der Waals surface area contributed by atoms with Gasteiger partial charge in [0.2, 0.25) is 5.91 Å². The van der Waals surface area contributed by atoms with Crippen LogP contribution < -0.4 is 0 Å². The zero-order valence-electron chi connectivity index (χ0n) is 12.4. The largest absolute Gasteiger partial charge is 0.431 e. The van der Waals surface area contributed by atoms with Crippen LogP contribution in [0.25, 0.3) is 11.1 Å². The number of likely N-dealkylation sites (N-methyl/N-ethyl adjacent to an activating group) is 1. The Morgan fingerprint density at radius 1 is 1.09 bits per heavy atom. The van der Waals surface area contributed by atoms with Gasteiger partial charge in [0.25, 0.3) is 5.22 Å². The molecule has 1 atom stereocenters. The number of para-hydroxylation sites is 2. The highest BCUT2D eigenvalue weighted by molar-refractivity contribution is 8.00. The monoisotopic (exact) mass is 312 g/mol. The Labute approximate surface area is 133 Å². The summed E-state index contributed by atoms with van der Waals surface area (Å²) < 4.78 is 5.73. The molecule has 0 N–H and O–H groups in total. The van der Waals surface area contributed by atoms with E-state index in [-0.39, 0.29) is 11.2 Å². The van der Waals surface area contributed by atoms with E-state index in [0.29, 0.717) is 5.22 Å². The molecule has 2 aromatic carbocycles. The molecule has 0 aliphatic heterocycles. The van der Waals surface area contributed by atoms with Crippen LogP contribution in [-0.2, 0) is 4.79 Å². The highest BCUT2D eigenvalue weighted by Crippen LogP contribution is 2.37. The normalized spacial score (nSPS) is 12.3. The van der Waals surface area contributed by atoms with Crippen LogP contribution in [0.5, 0.6) is 0 Å². The van der Waals surface area contributed by atoms with Crippen LogP contribution in [0.15, 0.2) is 64.2 Å². The average Bonchev–Trinajstić information content (AvgIpc) is 2.95. The van der Waals surface area contributed by atoms with Crippen molar-refractivity contribution < 1.29 is 9.21 Å². The molecule has 1 aromatic heterocycles. The lowest BCUT2D eigenvalue weighted by Crippen LogP contribution is -2.26. The van der Waals surface area contributed by atoms with Gasteiger partial charge in [-0.25, -0.2) is 4.98 Å². The van der Waals surface area contributed by atoms with Gasteiger partial charge >= 0.3 is 0 Å². The van der Waals surface area contributed by atoms with Gasteiger partial charge < -0.3 is 9.32 Å². The number of thioether (sulfide) groups is 1. The molecular weight excluding hydrogens is 296 g/mol. The number of benzene rings is 2. The molecule has 5 heteroatoms. The summed E-state index contributed by atoms with van der Waals surface area (Å²) in [5, 5.41) is 0.134. The van der Waals surface area contributed by atoms with Crippen molar-refractivity contribution in [2.24, 2.45) is 0 Å². The fraction of sp³-hybridized carbons (Fsp3) is 0.176. The molecule has 0 bridgehead atoms. The molecular formula is C17H16N2O2S. The smallest absolute Gasteiger partial charge is 0.257 e. The summed E-state index contributed by atoms with van der Waals surface area (Å²) in [5.74, 6) is 0.0125. The minimum Gasteiger partial charge on any atom is -0.431 e. The van der Waals surface area contributed by atoms with E-state index in [2.05, 4.69) is 4.98 Å². The number of nitrogens with zero attached hydrogens (tertiary/aromatic N) is 2. The highest BCUT2D eigenvalue weighted by Gasteiger charge is 2.25. The summed E-state index contributed by atoms with van der Waals surface area (Å²) in [6, 6.07) is 17.3. The molecule has 4 nitrogen and oxygen atoms in total. The van der Waals surface area contributed by atoms with Crippen molar-refractivity contribution in [2.75, 3.05) is 14.1 Å². The van der Waals surface area contributed by atoms with E-state index in [1.165, 1.54) is 11.8 Å². The minimum absolute atomic E-state index is 0.0125. The second-order valence-electron chi connectivity index (χ2n) is 5.09. The molecule has 0 spiro atoms. The van der Waals surface area contributed by atoms with Crippen LogP contribution in [0, 0.1) is 0 Å². The standard InChI is InChI=1S/C17H16N2O2S/c1-19(2)16(20)15(12-8-4-3-5-9-12)22-17-18-13-10-6-7-11-14(13)21-17/h3-11,15H,1-2H3. The van der Waals surface area contributed by atoms with Gasteiger partial charge in [0, 0.05) is 14.1 Å². The van der Waals surface area contributed by atoms with Crippen molar-refractivity contribution in [1.82, 2.24) is 9.88 Å². The topological polar surface area (TPSA) is 46.3 Å². The Morgan fingerprint density at radius 2 is 1.77 bits per heavy atom. The number of fused-ring (bicyclic) bond motifs is 1. The maximum atomic E-state index is 12.5. The Kier molecular flexibility index (Phi) is 4.15. The van der Waals surface area contributed by atoms with Gasteiger partial charge in [-0.2, -0.15) is 0 Å². The van der Waals surface area contributed by atoms with E-state index in [0.717, 1.165) is 16.7 Å². The van der Waals surface area contributed by atoms with E-state index < -0.39 is 0 Å².